The summed E-state index contributed by atoms with van der Waals surface area (Å²) in [6.07, 6.45) is 0. The topological polar surface area (TPSA) is 91.2 Å². The van der Waals surface area contributed by atoms with E-state index < -0.39 is 10.0 Å². The van der Waals surface area contributed by atoms with Crippen molar-refractivity contribution in [1.82, 2.24) is 14.5 Å². The molecule has 8 nitrogen and oxygen atoms in total. The molecule has 29 heavy (non-hydrogen) atoms. The molecule has 9 heteroatoms. The Kier molecular flexibility index (Phi) is 6.03. The monoisotopic (exact) mass is 423 g/mol. The number of benzene rings is 1. The second-order valence-electron chi connectivity index (χ2n) is 8.78. The molecule has 2 fully saturated rings. The Balaban J connectivity index is 1.63. The SMILES string of the molecule is C[C@@H](C(=O)N1CCNC1=O)[NH+]1CCN(S(=O)(=O)c2ccc(C(C)(C)C)cc2)CC1. The number of imide groups is 1. The van der Waals surface area contributed by atoms with Crippen LogP contribution >= 0.6 is 0 Å². The molecule has 1 atom stereocenters. The summed E-state index contributed by atoms with van der Waals surface area (Å²) in [4.78, 5) is 26.9. The number of carbonyl (C=O) groups excluding carboxylic acids is 2. The molecule has 0 aromatic heterocycles. The van der Waals surface area contributed by atoms with Crippen molar-refractivity contribution in [2.75, 3.05) is 39.3 Å². The van der Waals surface area contributed by atoms with Gasteiger partial charge in [-0.05, 0) is 30.0 Å². The Morgan fingerprint density at radius 3 is 2.17 bits per heavy atom. The predicted molar refractivity (Wildman–Crippen MR) is 109 cm³/mol. The van der Waals surface area contributed by atoms with E-state index in [4.69, 9.17) is 0 Å². The lowest BCUT2D eigenvalue weighted by molar-refractivity contribution is -0.917. The lowest BCUT2D eigenvalue weighted by atomic mass is 9.87. The molecule has 3 amide bonds. The van der Waals surface area contributed by atoms with Crippen LogP contribution in [-0.4, -0.2) is 74.9 Å². The van der Waals surface area contributed by atoms with Gasteiger partial charge in [0.15, 0.2) is 6.04 Å². The highest BCUT2D eigenvalue weighted by Gasteiger charge is 2.38. The summed E-state index contributed by atoms with van der Waals surface area (Å²) in [5, 5.41) is 2.64. The van der Waals surface area contributed by atoms with Gasteiger partial charge in [-0.2, -0.15) is 4.31 Å². The van der Waals surface area contributed by atoms with Crippen LogP contribution in [-0.2, 0) is 20.2 Å². The van der Waals surface area contributed by atoms with E-state index in [9.17, 15) is 18.0 Å². The van der Waals surface area contributed by atoms with Crippen molar-refractivity contribution in [3.8, 4) is 0 Å². The van der Waals surface area contributed by atoms with Gasteiger partial charge in [0, 0.05) is 13.1 Å². The molecule has 3 rings (SSSR count). The largest absolute Gasteiger partial charge is 0.336 e. The van der Waals surface area contributed by atoms with E-state index in [0.717, 1.165) is 10.5 Å². The minimum absolute atomic E-state index is 0.0355. The normalized spacial score (nSPS) is 20.6. The van der Waals surface area contributed by atoms with Crippen molar-refractivity contribution in [1.29, 1.82) is 0 Å². The van der Waals surface area contributed by atoms with Crippen molar-refractivity contribution in [2.45, 2.75) is 44.0 Å². The molecule has 2 heterocycles. The Morgan fingerprint density at radius 1 is 1.10 bits per heavy atom. The zero-order valence-corrected chi connectivity index (χ0v) is 18.4. The molecule has 0 saturated carbocycles. The summed E-state index contributed by atoms with van der Waals surface area (Å²) in [6.45, 7) is 10.7. The summed E-state index contributed by atoms with van der Waals surface area (Å²) < 4.78 is 27.5. The molecule has 160 valence electrons. The minimum atomic E-state index is -3.56. The maximum absolute atomic E-state index is 13.0. The average molecular weight is 424 g/mol. The predicted octanol–water partition coefficient (Wildman–Crippen LogP) is -0.186. The van der Waals surface area contributed by atoms with Crippen LogP contribution in [0.3, 0.4) is 0 Å². The molecule has 0 spiro atoms. The number of rotatable bonds is 4. The zero-order valence-electron chi connectivity index (χ0n) is 17.6. The Labute approximate surface area is 172 Å². The van der Waals surface area contributed by atoms with E-state index in [1.807, 2.05) is 12.1 Å². The summed E-state index contributed by atoms with van der Waals surface area (Å²) in [7, 11) is -3.56. The van der Waals surface area contributed by atoms with Crippen LogP contribution in [0.4, 0.5) is 4.79 Å². The molecular weight excluding hydrogens is 392 g/mol. The first-order valence-electron chi connectivity index (χ1n) is 10.1. The first-order valence-corrected chi connectivity index (χ1v) is 11.5. The maximum Gasteiger partial charge on any atom is 0.324 e. The van der Waals surface area contributed by atoms with E-state index in [-0.39, 0.29) is 23.4 Å². The number of nitrogens with zero attached hydrogens (tertiary/aromatic N) is 2. The van der Waals surface area contributed by atoms with Crippen LogP contribution in [0.2, 0.25) is 0 Å². The second kappa shape index (κ2) is 8.04. The standard InChI is InChI=1S/C20H30N4O4S/c1-15(18(25)24-10-9-21-19(24)26)22-11-13-23(14-12-22)29(27,28)17-7-5-16(6-8-17)20(2,3)4/h5-8,15H,9-14H2,1-4H3,(H,21,26)/p+1/t15-/m0/s1. The molecule has 0 unspecified atom stereocenters. The maximum atomic E-state index is 13.0. The van der Waals surface area contributed by atoms with Gasteiger partial charge in [0.05, 0.1) is 31.1 Å². The quantitative estimate of drug-likeness (QED) is 0.703. The van der Waals surface area contributed by atoms with Crippen LogP contribution in [0, 0.1) is 0 Å². The van der Waals surface area contributed by atoms with Crippen molar-refractivity contribution in [3.63, 3.8) is 0 Å². The van der Waals surface area contributed by atoms with Gasteiger partial charge >= 0.3 is 6.03 Å². The van der Waals surface area contributed by atoms with Gasteiger partial charge in [-0.15, -0.1) is 0 Å². The lowest BCUT2D eigenvalue weighted by Crippen LogP contribution is -3.19. The molecule has 2 saturated heterocycles. The number of quaternary nitrogens is 1. The first-order chi connectivity index (χ1) is 13.5. The third kappa shape index (κ3) is 4.46. The van der Waals surface area contributed by atoms with Crippen LogP contribution in [0.1, 0.15) is 33.3 Å². The van der Waals surface area contributed by atoms with Gasteiger partial charge < -0.3 is 10.2 Å². The molecule has 0 radical (unpaired) electrons. The molecule has 2 N–H and O–H groups in total. The van der Waals surface area contributed by atoms with Gasteiger partial charge in [-0.1, -0.05) is 32.9 Å². The Bertz CT molecular complexity index is 869. The van der Waals surface area contributed by atoms with Gasteiger partial charge in [0.25, 0.3) is 5.91 Å². The molecule has 2 aliphatic rings. The van der Waals surface area contributed by atoms with Gasteiger partial charge in [-0.3, -0.25) is 9.69 Å². The number of piperazine rings is 1. The van der Waals surface area contributed by atoms with Gasteiger partial charge in [-0.25, -0.2) is 13.2 Å². The third-order valence-electron chi connectivity index (χ3n) is 5.83. The fourth-order valence-electron chi connectivity index (χ4n) is 3.81. The Morgan fingerprint density at radius 2 is 1.69 bits per heavy atom. The van der Waals surface area contributed by atoms with Gasteiger partial charge in [0.1, 0.15) is 0 Å². The van der Waals surface area contributed by atoms with E-state index in [0.29, 0.717) is 44.2 Å². The number of urea groups is 1. The lowest BCUT2D eigenvalue weighted by Gasteiger charge is -2.35. The third-order valence-corrected chi connectivity index (χ3v) is 7.74. The van der Waals surface area contributed by atoms with Crippen LogP contribution in [0.15, 0.2) is 29.2 Å². The number of amides is 3. The summed E-state index contributed by atoms with van der Waals surface area (Å²) in [5.41, 5.74) is 1.05. The second-order valence-corrected chi connectivity index (χ2v) is 10.7. The fourth-order valence-corrected chi connectivity index (χ4v) is 5.25. The zero-order chi connectivity index (χ0) is 21.4. The average Bonchev–Trinajstić information content (AvgIpc) is 3.12. The van der Waals surface area contributed by atoms with E-state index >= 15 is 0 Å². The highest BCUT2D eigenvalue weighted by molar-refractivity contribution is 7.89. The number of hydrogen-bond donors (Lipinski definition) is 2. The molecule has 1 aromatic rings. The minimum Gasteiger partial charge on any atom is -0.336 e. The molecule has 0 bridgehead atoms. The van der Waals surface area contributed by atoms with Crippen molar-refractivity contribution < 1.29 is 22.9 Å². The van der Waals surface area contributed by atoms with Crippen molar-refractivity contribution in [3.05, 3.63) is 29.8 Å². The van der Waals surface area contributed by atoms with Crippen molar-refractivity contribution >= 4 is 22.0 Å². The molecule has 2 aliphatic heterocycles. The number of nitrogens with one attached hydrogen (secondary N) is 2. The van der Waals surface area contributed by atoms with Crippen LogP contribution in [0.25, 0.3) is 0 Å². The van der Waals surface area contributed by atoms with Crippen molar-refractivity contribution in [2.24, 2.45) is 0 Å². The van der Waals surface area contributed by atoms with E-state index in [1.165, 1.54) is 9.21 Å². The van der Waals surface area contributed by atoms with E-state index in [2.05, 4.69) is 26.1 Å². The van der Waals surface area contributed by atoms with Crippen LogP contribution < -0.4 is 10.2 Å². The number of hydrogen-bond acceptors (Lipinski definition) is 4. The fraction of sp³-hybridized carbons (Fsp3) is 0.600. The van der Waals surface area contributed by atoms with E-state index in [1.54, 1.807) is 19.1 Å². The van der Waals surface area contributed by atoms with Gasteiger partial charge in [0.2, 0.25) is 10.0 Å². The molecular formula is C20H31N4O4S+. The highest BCUT2D eigenvalue weighted by atomic mass is 32.2. The number of sulfonamides is 1. The summed E-state index contributed by atoms with van der Waals surface area (Å²) >= 11 is 0. The van der Waals surface area contributed by atoms with Crippen LogP contribution in [0.5, 0.6) is 0 Å². The smallest absolute Gasteiger partial charge is 0.324 e. The molecule has 1 aromatic carbocycles. The number of carbonyl (C=O) groups is 2. The summed E-state index contributed by atoms with van der Waals surface area (Å²) in [6, 6.07) is 6.36. The Hall–Kier alpha value is -1.97. The summed E-state index contributed by atoms with van der Waals surface area (Å²) in [5.74, 6) is -0.205. The molecule has 0 aliphatic carbocycles. The highest BCUT2D eigenvalue weighted by Crippen LogP contribution is 2.24. The first kappa shape index (κ1) is 21.7.